The van der Waals surface area contributed by atoms with Crippen LogP contribution in [0.1, 0.15) is 63.6 Å². The van der Waals surface area contributed by atoms with Gasteiger partial charge in [0.1, 0.15) is 0 Å². The van der Waals surface area contributed by atoms with Gasteiger partial charge in [0.25, 0.3) is 0 Å². The number of nitrogens with one attached hydrogen (secondary N) is 1. The van der Waals surface area contributed by atoms with Crippen LogP contribution in [0.3, 0.4) is 0 Å². The number of amides is 2. The van der Waals surface area contributed by atoms with Gasteiger partial charge in [-0.15, -0.1) is 0 Å². The lowest BCUT2D eigenvalue weighted by Crippen LogP contribution is -2.45. The molecule has 0 bridgehead atoms. The van der Waals surface area contributed by atoms with Crippen LogP contribution >= 0.6 is 0 Å². The van der Waals surface area contributed by atoms with Crippen LogP contribution in [0.4, 0.5) is 10.5 Å². The number of fused-ring (bicyclic) bond motifs is 1. The Morgan fingerprint density at radius 3 is 2.39 bits per heavy atom. The fourth-order valence-electron chi connectivity index (χ4n) is 5.15. The van der Waals surface area contributed by atoms with Crippen LogP contribution in [-0.2, 0) is 16.1 Å². The number of alkyl carbamates (subject to hydrolysis) is 1. The second-order valence-corrected chi connectivity index (χ2v) is 9.20. The van der Waals surface area contributed by atoms with Crippen LogP contribution in [-0.4, -0.2) is 42.6 Å². The van der Waals surface area contributed by atoms with Crippen LogP contribution in [0.25, 0.3) is 11.1 Å². The van der Waals surface area contributed by atoms with E-state index in [1.165, 1.54) is 37.9 Å². The van der Waals surface area contributed by atoms with Crippen molar-refractivity contribution in [1.82, 2.24) is 10.2 Å². The molecule has 1 N–H and O–H groups in total. The minimum Gasteiger partial charge on any atom is -0.450 e. The van der Waals surface area contributed by atoms with E-state index in [1.807, 2.05) is 17.9 Å². The molecule has 33 heavy (non-hydrogen) atoms. The van der Waals surface area contributed by atoms with Crippen LogP contribution in [0.5, 0.6) is 0 Å². The molecule has 1 fully saturated rings. The van der Waals surface area contributed by atoms with Gasteiger partial charge in [-0.1, -0.05) is 36.8 Å². The van der Waals surface area contributed by atoms with Gasteiger partial charge in [0.05, 0.1) is 12.6 Å². The average molecular weight is 450 g/mol. The quantitative estimate of drug-likeness (QED) is 0.675. The fourth-order valence-corrected chi connectivity index (χ4v) is 5.15. The Morgan fingerprint density at radius 1 is 1.03 bits per heavy atom. The minimum absolute atomic E-state index is 0.00755. The molecule has 2 aromatic rings. The first kappa shape index (κ1) is 23.3. The normalized spacial score (nSPS) is 20.8. The molecule has 176 valence electrons. The zero-order valence-electron chi connectivity index (χ0n) is 20.0. The van der Waals surface area contributed by atoms with Crippen LogP contribution < -0.4 is 10.2 Å². The summed E-state index contributed by atoms with van der Waals surface area (Å²) in [6, 6.07) is 14.7. The summed E-state index contributed by atoms with van der Waals surface area (Å²) in [6.45, 7) is 9.10. The third kappa shape index (κ3) is 5.38. The summed E-state index contributed by atoms with van der Waals surface area (Å²) in [7, 11) is 0. The second-order valence-electron chi connectivity index (χ2n) is 9.20. The predicted octanol–water partition coefficient (Wildman–Crippen LogP) is 5.27. The van der Waals surface area contributed by atoms with Crippen LogP contribution in [0.15, 0.2) is 42.5 Å². The zero-order valence-corrected chi connectivity index (χ0v) is 20.0. The van der Waals surface area contributed by atoms with E-state index in [2.05, 4.69) is 46.6 Å². The summed E-state index contributed by atoms with van der Waals surface area (Å²) in [6.07, 6.45) is 4.15. The lowest BCUT2D eigenvalue weighted by atomic mass is 9.89. The molecule has 4 rings (SSSR count). The van der Waals surface area contributed by atoms with Gasteiger partial charge >= 0.3 is 6.09 Å². The van der Waals surface area contributed by atoms with E-state index in [0.29, 0.717) is 13.0 Å². The Morgan fingerprint density at radius 2 is 1.73 bits per heavy atom. The summed E-state index contributed by atoms with van der Waals surface area (Å²) >= 11 is 0. The summed E-state index contributed by atoms with van der Waals surface area (Å²) < 4.78 is 5.12. The highest BCUT2D eigenvalue weighted by Gasteiger charge is 2.33. The van der Waals surface area contributed by atoms with Crippen molar-refractivity contribution in [3.63, 3.8) is 0 Å². The van der Waals surface area contributed by atoms with Crippen molar-refractivity contribution in [2.24, 2.45) is 0 Å². The lowest BCUT2D eigenvalue weighted by Gasteiger charge is -2.39. The maximum atomic E-state index is 12.4. The molecular weight excluding hydrogens is 414 g/mol. The molecule has 0 spiro atoms. The lowest BCUT2D eigenvalue weighted by molar-refractivity contribution is -0.117. The summed E-state index contributed by atoms with van der Waals surface area (Å²) in [5, 5.41) is 2.99. The van der Waals surface area contributed by atoms with Crippen molar-refractivity contribution in [2.75, 3.05) is 24.6 Å². The molecule has 2 atom stereocenters. The third-order valence-corrected chi connectivity index (χ3v) is 6.73. The largest absolute Gasteiger partial charge is 0.450 e. The highest BCUT2D eigenvalue weighted by Crippen LogP contribution is 2.39. The number of carbonyl (C=O) groups is 2. The SMILES string of the molecule is CCOC(=O)NC1C[C@@H](C)N(C(C)=O)c2ccc(-c3ccc(CN4CCCCC4)cc3)cc21. The van der Waals surface area contributed by atoms with Gasteiger partial charge < -0.3 is 15.0 Å². The van der Waals surface area contributed by atoms with E-state index >= 15 is 0 Å². The number of rotatable bonds is 5. The van der Waals surface area contributed by atoms with Gasteiger partial charge in [-0.25, -0.2) is 4.79 Å². The van der Waals surface area contributed by atoms with Gasteiger partial charge in [0, 0.05) is 25.2 Å². The molecule has 0 aromatic heterocycles. The number of ether oxygens (including phenoxy) is 1. The molecule has 6 heteroatoms. The summed E-state index contributed by atoms with van der Waals surface area (Å²) in [4.78, 5) is 28.9. The number of piperidine rings is 1. The standard InChI is InChI=1S/C27H35N3O3/c1-4-33-27(32)28-25-16-19(2)30(20(3)31)26-13-12-23(17-24(25)26)22-10-8-21(9-11-22)18-29-14-6-5-7-15-29/h8-13,17,19,25H,4-7,14-16,18H2,1-3H3,(H,28,32)/t19-,25?/m1/s1. The van der Waals surface area contributed by atoms with E-state index < -0.39 is 6.09 Å². The minimum atomic E-state index is -0.426. The van der Waals surface area contributed by atoms with Gasteiger partial charge in [-0.05, 0) is 80.6 Å². The molecule has 1 unspecified atom stereocenters. The molecule has 2 amide bonds. The molecule has 2 aromatic carbocycles. The van der Waals surface area contributed by atoms with Gasteiger partial charge in [0.2, 0.25) is 5.91 Å². The molecule has 6 nitrogen and oxygen atoms in total. The molecule has 2 aliphatic rings. The van der Waals surface area contributed by atoms with E-state index in [-0.39, 0.29) is 18.0 Å². The van der Waals surface area contributed by atoms with Crippen LogP contribution in [0, 0.1) is 0 Å². The Balaban J connectivity index is 1.60. The highest BCUT2D eigenvalue weighted by atomic mass is 16.5. The topological polar surface area (TPSA) is 61.9 Å². The van der Waals surface area contributed by atoms with E-state index in [4.69, 9.17) is 4.74 Å². The third-order valence-electron chi connectivity index (χ3n) is 6.73. The molecule has 2 heterocycles. The Labute approximate surface area is 196 Å². The molecule has 0 radical (unpaired) electrons. The molecule has 1 saturated heterocycles. The van der Waals surface area contributed by atoms with Crippen molar-refractivity contribution in [2.45, 2.75) is 65.1 Å². The van der Waals surface area contributed by atoms with E-state index in [1.54, 1.807) is 13.8 Å². The maximum Gasteiger partial charge on any atom is 0.407 e. The van der Waals surface area contributed by atoms with Gasteiger partial charge in [0.15, 0.2) is 0 Å². The van der Waals surface area contributed by atoms with Crippen molar-refractivity contribution in [3.05, 3.63) is 53.6 Å². The number of anilines is 1. The first-order chi connectivity index (χ1) is 16.0. The monoisotopic (exact) mass is 449 g/mol. The Bertz CT molecular complexity index is 983. The molecule has 0 aliphatic carbocycles. The number of carbonyl (C=O) groups excluding carboxylic acids is 2. The number of hydrogen-bond acceptors (Lipinski definition) is 4. The summed E-state index contributed by atoms with van der Waals surface area (Å²) in [5.74, 6) is 0.00755. The van der Waals surface area contributed by atoms with Gasteiger partial charge in [-0.3, -0.25) is 9.69 Å². The second kappa shape index (κ2) is 10.4. The molecular formula is C27H35N3O3. The van der Waals surface area contributed by atoms with E-state index in [0.717, 1.165) is 28.9 Å². The molecule has 0 saturated carbocycles. The Kier molecular flexibility index (Phi) is 7.33. The first-order valence-corrected chi connectivity index (χ1v) is 12.1. The fraction of sp³-hybridized carbons (Fsp3) is 0.481. The predicted molar refractivity (Wildman–Crippen MR) is 131 cm³/mol. The van der Waals surface area contributed by atoms with Gasteiger partial charge in [-0.2, -0.15) is 0 Å². The number of nitrogens with zero attached hydrogens (tertiary/aromatic N) is 2. The highest BCUT2D eigenvalue weighted by molar-refractivity contribution is 5.94. The van der Waals surface area contributed by atoms with E-state index in [9.17, 15) is 9.59 Å². The van der Waals surface area contributed by atoms with Crippen LogP contribution in [0.2, 0.25) is 0 Å². The molecule has 2 aliphatic heterocycles. The number of benzene rings is 2. The summed E-state index contributed by atoms with van der Waals surface area (Å²) in [5.41, 5.74) is 5.34. The zero-order chi connectivity index (χ0) is 23.4. The van der Waals surface area contributed by atoms with Crippen molar-refractivity contribution < 1.29 is 14.3 Å². The maximum absolute atomic E-state index is 12.4. The van der Waals surface area contributed by atoms with Crippen molar-refractivity contribution >= 4 is 17.7 Å². The van der Waals surface area contributed by atoms with Crippen molar-refractivity contribution in [1.29, 1.82) is 0 Å². The average Bonchev–Trinajstić information content (AvgIpc) is 2.80. The number of likely N-dealkylation sites (tertiary alicyclic amines) is 1. The van der Waals surface area contributed by atoms with Crippen molar-refractivity contribution in [3.8, 4) is 11.1 Å². The first-order valence-electron chi connectivity index (χ1n) is 12.1. The number of hydrogen-bond donors (Lipinski definition) is 1. The smallest absolute Gasteiger partial charge is 0.407 e. The Hall–Kier alpha value is -2.86.